The Bertz CT molecular complexity index is 804. The summed E-state index contributed by atoms with van der Waals surface area (Å²) in [4.78, 5) is 12.7. The monoisotopic (exact) mass is 388 g/mol. The number of halogens is 2. The summed E-state index contributed by atoms with van der Waals surface area (Å²) in [6, 6.07) is 7.81. The maximum atomic E-state index is 12.5. The summed E-state index contributed by atoms with van der Waals surface area (Å²) in [5.41, 5.74) is 0.305. The Morgan fingerprint density at radius 1 is 1.12 bits per heavy atom. The molecule has 0 aliphatic heterocycles. The van der Waals surface area contributed by atoms with Gasteiger partial charge in [-0.2, -0.15) is 8.78 Å². The van der Waals surface area contributed by atoms with E-state index in [1.54, 1.807) is 0 Å². The lowest BCUT2D eigenvalue weighted by Gasteiger charge is -2.21. The number of amides is 2. The smallest absolute Gasteiger partial charge is 0.330 e. The Morgan fingerprint density at radius 3 is 2.24 bits per heavy atom. The predicted octanol–water partition coefficient (Wildman–Crippen LogP) is 4.26. The van der Waals surface area contributed by atoms with Gasteiger partial charge in [0.25, 0.3) is 0 Å². The van der Waals surface area contributed by atoms with E-state index in [0.717, 1.165) is 17.0 Å². The minimum atomic E-state index is -4.64. The van der Waals surface area contributed by atoms with Crippen LogP contribution >= 0.6 is 11.3 Å². The molecule has 0 spiro atoms. The molecule has 0 aliphatic rings. The van der Waals surface area contributed by atoms with E-state index in [4.69, 9.17) is 0 Å². The minimum Gasteiger partial charge on any atom is -0.330 e. The van der Waals surface area contributed by atoms with Gasteiger partial charge in [-0.05, 0) is 41.6 Å². The van der Waals surface area contributed by atoms with Crippen LogP contribution in [0, 0.1) is 5.92 Å². The third-order valence-corrected chi connectivity index (χ3v) is 5.83. The molecule has 1 aromatic carbocycles. The van der Waals surface area contributed by atoms with Crippen molar-refractivity contribution in [1.82, 2.24) is 5.32 Å². The number of benzene rings is 1. The van der Waals surface area contributed by atoms with E-state index in [-0.39, 0.29) is 12.0 Å². The van der Waals surface area contributed by atoms with E-state index < -0.39 is 26.5 Å². The van der Waals surface area contributed by atoms with Crippen molar-refractivity contribution >= 4 is 32.9 Å². The van der Waals surface area contributed by atoms with Gasteiger partial charge in [-0.1, -0.05) is 19.9 Å². The lowest BCUT2D eigenvalue weighted by atomic mass is 10.0. The molecular weight excluding hydrogens is 370 g/mol. The van der Waals surface area contributed by atoms with Crippen LogP contribution in [-0.2, 0) is 9.84 Å². The topological polar surface area (TPSA) is 75.3 Å². The maximum absolute atomic E-state index is 12.5. The van der Waals surface area contributed by atoms with Crippen LogP contribution in [0.4, 0.5) is 19.3 Å². The first kappa shape index (κ1) is 19.3. The second-order valence-electron chi connectivity index (χ2n) is 5.67. The number of rotatable bonds is 6. The highest BCUT2D eigenvalue weighted by Crippen LogP contribution is 2.26. The molecule has 1 atom stereocenters. The number of nitrogens with one attached hydrogen (secondary N) is 2. The van der Waals surface area contributed by atoms with Gasteiger partial charge in [-0.15, -0.1) is 11.3 Å². The number of alkyl halides is 2. The second-order valence-corrected chi connectivity index (χ2v) is 8.56. The van der Waals surface area contributed by atoms with Gasteiger partial charge in [-0.3, -0.25) is 0 Å². The van der Waals surface area contributed by atoms with Crippen molar-refractivity contribution < 1.29 is 22.0 Å². The third kappa shape index (κ3) is 4.76. The SMILES string of the molecule is CC(C)[C@H](NC(=O)Nc1ccc(S(=O)(=O)C(F)F)cc1)c1cccs1. The maximum Gasteiger partial charge on any atom is 0.341 e. The number of carbonyl (C=O) groups is 1. The van der Waals surface area contributed by atoms with Gasteiger partial charge in [-0.25, -0.2) is 13.2 Å². The summed E-state index contributed by atoms with van der Waals surface area (Å²) in [5, 5.41) is 7.34. The normalized spacial score (nSPS) is 13.0. The first-order valence-corrected chi connectivity index (χ1v) is 9.87. The van der Waals surface area contributed by atoms with Crippen molar-refractivity contribution in [1.29, 1.82) is 0 Å². The first-order chi connectivity index (χ1) is 11.7. The van der Waals surface area contributed by atoms with Gasteiger partial charge in [0.15, 0.2) is 0 Å². The molecule has 0 radical (unpaired) electrons. The van der Waals surface area contributed by atoms with Crippen LogP contribution in [0.1, 0.15) is 24.8 Å². The largest absolute Gasteiger partial charge is 0.341 e. The Balaban J connectivity index is 2.05. The number of hydrogen-bond donors (Lipinski definition) is 2. The molecule has 0 aliphatic carbocycles. The second kappa shape index (κ2) is 7.92. The zero-order chi connectivity index (χ0) is 18.6. The molecule has 1 aromatic heterocycles. The lowest BCUT2D eigenvalue weighted by Crippen LogP contribution is -2.34. The highest BCUT2D eigenvalue weighted by atomic mass is 32.2. The molecule has 0 fully saturated rings. The van der Waals surface area contributed by atoms with Gasteiger partial charge in [0.1, 0.15) is 0 Å². The molecule has 25 heavy (non-hydrogen) atoms. The van der Waals surface area contributed by atoms with Crippen LogP contribution in [0.2, 0.25) is 0 Å². The zero-order valence-corrected chi connectivity index (χ0v) is 15.2. The van der Waals surface area contributed by atoms with Crippen molar-refractivity contribution in [2.45, 2.75) is 30.5 Å². The van der Waals surface area contributed by atoms with E-state index in [0.29, 0.717) is 5.69 Å². The highest BCUT2D eigenvalue weighted by Gasteiger charge is 2.26. The number of thiophene rings is 1. The van der Waals surface area contributed by atoms with E-state index in [9.17, 15) is 22.0 Å². The molecule has 0 bridgehead atoms. The van der Waals surface area contributed by atoms with Crippen molar-refractivity contribution in [3.63, 3.8) is 0 Å². The van der Waals surface area contributed by atoms with Crippen molar-refractivity contribution in [3.05, 3.63) is 46.7 Å². The Kier molecular flexibility index (Phi) is 6.12. The van der Waals surface area contributed by atoms with Crippen LogP contribution in [0.5, 0.6) is 0 Å². The summed E-state index contributed by atoms with van der Waals surface area (Å²) < 4.78 is 47.7. The molecule has 0 saturated carbocycles. The van der Waals surface area contributed by atoms with Crippen LogP contribution in [0.3, 0.4) is 0 Å². The molecule has 0 unspecified atom stereocenters. The van der Waals surface area contributed by atoms with Crippen molar-refractivity contribution in [2.75, 3.05) is 5.32 Å². The molecule has 136 valence electrons. The Labute approximate surface area is 149 Å². The van der Waals surface area contributed by atoms with Gasteiger partial charge < -0.3 is 10.6 Å². The van der Waals surface area contributed by atoms with Crippen LogP contribution < -0.4 is 10.6 Å². The van der Waals surface area contributed by atoms with Crippen molar-refractivity contribution in [2.24, 2.45) is 5.92 Å². The molecule has 2 aromatic rings. The predicted molar refractivity (Wildman–Crippen MR) is 93.7 cm³/mol. The Morgan fingerprint density at radius 2 is 1.76 bits per heavy atom. The number of urea groups is 1. The highest BCUT2D eigenvalue weighted by molar-refractivity contribution is 7.91. The fourth-order valence-electron chi connectivity index (χ4n) is 2.17. The third-order valence-electron chi connectivity index (χ3n) is 3.48. The lowest BCUT2D eigenvalue weighted by molar-refractivity contribution is 0.234. The standard InChI is InChI=1S/C16H18F2N2O3S2/c1-10(2)14(13-4-3-9-24-13)20-16(21)19-11-5-7-12(8-6-11)25(22,23)15(17)18/h3-10,14-15H,1-2H3,(H2,19,20,21)/t14-/m0/s1. The fourth-order valence-corrected chi connectivity index (χ4v) is 3.84. The van der Waals surface area contributed by atoms with Gasteiger partial charge in [0.2, 0.25) is 9.84 Å². The summed E-state index contributed by atoms with van der Waals surface area (Å²) in [5.74, 6) is -3.31. The molecule has 1 heterocycles. The number of hydrogen-bond acceptors (Lipinski definition) is 4. The van der Waals surface area contributed by atoms with E-state index >= 15 is 0 Å². The molecule has 9 heteroatoms. The van der Waals surface area contributed by atoms with Crippen LogP contribution in [-0.4, -0.2) is 20.2 Å². The Hall–Kier alpha value is -2.00. The molecule has 2 amide bonds. The van der Waals surface area contributed by atoms with Gasteiger partial charge in [0, 0.05) is 10.6 Å². The number of carbonyl (C=O) groups excluding carboxylic acids is 1. The summed E-state index contributed by atoms with van der Waals surface area (Å²) in [7, 11) is -4.64. The number of anilines is 1. The van der Waals surface area contributed by atoms with Gasteiger partial charge in [0.05, 0.1) is 10.9 Å². The molecular formula is C16H18F2N2O3S2. The minimum absolute atomic E-state index is 0.168. The van der Waals surface area contributed by atoms with E-state index in [2.05, 4.69) is 10.6 Å². The fraction of sp³-hybridized carbons (Fsp3) is 0.312. The number of sulfone groups is 1. The molecule has 0 saturated heterocycles. The first-order valence-electron chi connectivity index (χ1n) is 7.45. The molecule has 5 nitrogen and oxygen atoms in total. The van der Waals surface area contributed by atoms with Crippen LogP contribution in [0.25, 0.3) is 0 Å². The van der Waals surface area contributed by atoms with Gasteiger partial charge >= 0.3 is 11.8 Å². The summed E-state index contributed by atoms with van der Waals surface area (Å²) >= 11 is 1.53. The van der Waals surface area contributed by atoms with E-state index in [1.165, 1.54) is 23.5 Å². The van der Waals surface area contributed by atoms with Crippen LogP contribution in [0.15, 0.2) is 46.7 Å². The summed E-state index contributed by atoms with van der Waals surface area (Å²) in [6.07, 6.45) is 0. The average Bonchev–Trinajstić information content (AvgIpc) is 3.06. The quantitative estimate of drug-likeness (QED) is 0.776. The average molecular weight is 388 g/mol. The summed E-state index contributed by atoms with van der Waals surface area (Å²) in [6.45, 7) is 3.96. The van der Waals surface area contributed by atoms with E-state index in [1.807, 2.05) is 31.4 Å². The molecule has 2 rings (SSSR count). The van der Waals surface area contributed by atoms with Crippen molar-refractivity contribution in [3.8, 4) is 0 Å². The molecule has 2 N–H and O–H groups in total. The zero-order valence-electron chi connectivity index (χ0n) is 13.6.